The van der Waals surface area contributed by atoms with Crippen LogP contribution in [0.1, 0.15) is 30.1 Å². The van der Waals surface area contributed by atoms with Gasteiger partial charge in [0.1, 0.15) is 5.75 Å². The molecule has 1 aromatic rings. The molecular formula is C15H23ClN2O2. The number of benzene rings is 1. The van der Waals surface area contributed by atoms with Crippen molar-refractivity contribution >= 4 is 18.3 Å². The van der Waals surface area contributed by atoms with Crippen molar-refractivity contribution in [3.05, 3.63) is 29.8 Å². The van der Waals surface area contributed by atoms with Crippen LogP contribution in [0.3, 0.4) is 0 Å². The number of hydrogen-bond acceptors (Lipinski definition) is 3. The van der Waals surface area contributed by atoms with Gasteiger partial charge in [-0.2, -0.15) is 0 Å². The van der Waals surface area contributed by atoms with E-state index in [1.807, 2.05) is 36.2 Å². The fourth-order valence-electron chi connectivity index (χ4n) is 2.28. The molecule has 1 heterocycles. The van der Waals surface area contributed by atoms with Gasteiger partial charge in [0, 0.05) is 25.2 Å². The van der Waals surface area contributed by atoms with Crippen LogP contribution in [-0.4, -0.2) is 43.6 Å². The lowest BCUT2D eigenvalue weighted by molar-refractivity contribution is 0.0743. The molecule has 1 unspecified atom stereocenters. The van der Waals surface area contributed by atoms with Gasteiger partial charge < -0.3 is 15.0 Å². The van der Waals surface area contributed by atoms with E-state index in [1.165, 1.54) is 0 Å². The lowest BCUT2D eigenvalue weighted by Crippen LogP contribution is -2.38. The monoisotopic (exact) mass is 298 g/mol. The van der Waals surface area contributed by atoms with Gasteiger partial charge in [-0.15, -0.1) is 12.4 Å². The maximum atomic E-state index is 12.4. The molecule has 20 heavy (non-hydrogen) atoms. The number of rotatable bonds is 5. The molecule has 1 saturated heterocycles. The molecule has 0 radical (unpaired) electrons. The number of carbonyl (C=O) groups excluding carboxylic acids is 1. The summed E-state index contributed by atoms with van der Waals surface area (Å²) >= 11 is 0. The Kier molecular flexibility index (Phi) is 6.82. The fourth-order valence-corrected chi connectivity index (χ4v) is 2.28. The van der Waals surface area contributed by atoms with E-state index in [1.54, 1.807) is 0 Å². The highest BCUT2D eigenvalue weighted by Crippen LogP contribution is 2.17. The molecule has 5 heteroatoms. The number of halogens is 1. The van der Waals surface area contributed by atoms with Crippen LogP contribution < -0.4 is 10.1 Å². The topological polar surface area (TPSA) is 41.6 Å². The van der Waals surface area contributed by atoms with Crippen molar-refractivity contribution in [3.63, 3.8) is 0 Å². The molecule has 0 aromatic heterocycles. The van der Waals surface area contributed by atoms with Crippen LogP contribution in [0.2, 0.25) is 0 Å². The molecule has 4 nitrogen and oxygen atoms in total. The zero-order valence-electron chi connectivity index (χ0n) is 12.1. The summed E-state index contributed by atoms with van der Waals surface area (Å²) in [6.07, 6.45) is 1.99. The van der Waals surface area contributed by atoms with Gasteiger partial charge in [0.05, 0.1) is 6.61 Å². The van der Waals surface area contributed by atoms with E-state index in [0.717, 1.165) is 31.7 Å². The van der Waals surface area contributed by atoms with Crippen molar-refractivity contribution < 1.29 is 9.53 Å². The quantitative estimate of drug-likeness (QED) is 0.907. The Morgan fingerprint density at radius 3 is 2.95 bits per heavy atom. The number of amides is 1. The lowest BCUT2D eigenvalue weighted by atomic mass is 10.1. The highest BCUT2D eigenvalue weighted by molar-refractivity contribution is 5.94. The van der Waals surface area contributed by atoms with Crippen molar-refractivity contribution in [3.8, 4) is 5.75 Å². The Hall–Kier alpha value is -1.26. The first-order valence-corrected chi connectivity index (χ1v) is 6.93. The molecule has 1 N–H and O–H groups in total. The van der Waals surface area contributed by atoms with Crippen LogP contribution in [0, 0.1) is 0 Å². The average Bonchev–Trinajstić information content (AvgIpc) is 2.98. The fraction of sp³-hybridized carbons (Fsp3) is 0.533. The van der Waals surface area contributed by atoms with Crippen molar-refractivity contribution in [1.29, 1.82) is 0 Å². The van der Waals surface area contributed by atoms with Gasteiger partial charge in [0.25, 0.3) is 5.91 Å². The zero-order valence-corrected chi connectivity index (χ0v) is 12.9. The van der Waals surface area contributed by atoms with Crippen LogP contribution in [0.25, 0.3) is 0 Å². The number of ether oxygens (including phenoxy) is 1. The first-order valence-electron chi connectivity index (χ1n) is 6.93. The van der Waals surface area contributed by atoms with Gasteiger partial charge in [0.15, 0.2) is 0 Å². The third kappa shape index (κ3) is 4.12. The van der Waals surface area contributed by atoms with Crippen molar-refractivity contribution in [1.82, 2.24) is 10.2 Å². The second-order valence-electron chi connectivity index (χ2n) is 4.94. The van der Waals surface area contributed by atoms with Crippen LogP contribution in [-0.2, 0) is 0 Å². The van der Waals surface area contributed by atoms with E-state index in [4.69, 9.17) is 4.74 Å². The molecule has 0 spiro atoms. The molecule has 1 aromatic carbocycles. The summed E-state index contributed by atoms with van der Waals surface area (Å²) in [5.74, 6) is 0.835. The summed E-state index contributed by atoms with van der Waals surface area (Å²) in [4.78, 5) is 14.2. The first kappa shape index (κ1) is 16.8. The Morgan fingerprint density at radius 2 is 2.30 bits per heavy atom. The molecule has 1 atom stereocenters. The van der Waals surface area contributed by atoms with Gasteiger partial charge >= 0.3 is 0 Å². The van der Waals surface area contributed by atoms with Crippen LogP contribution in [0.4, 0.5) is 0 Å². The summed E-state index contributed by atoms with van der Waals surface area (Å²) in [7, 11) is 1.87. The Labute approximate surface area is 126 Å². The van der Waals surface area contributed by atoms with Gasteiger partial charge in [-0.3, -0.25) is 4.79 Å². The zero-order chi connectivity index (χ0) is 13.7. The second kappa shape index (κ2) is 8.12. The molecule has 2 rings (SSSR count). The molecule has 0 bridgehead atoms. The molecular weight excluding hydrogens is 276 g/mol. The Balaban J connectivity index is 0.00000200. The van der Waals surface area contributed by atoms with E-state index < -0.39 is 0 Å². The maximum Gasteiger partial charge on any atom is 0.254 e. The van der Waals surface area contributed by atoms with Gasteiger partial charge in [-0.25, -0.2) is 0 Å². The number of hydrogen-bond donors (Lipinski definition) is 1. The summed E-state index contributed by atoms with van der Waals surface area (Å²) in [6, 6.07) is 7.74. The number of nitrogens with zero attached hydrogens (tertiary/aromatic N) is 1. The third-order valence-electron chi connectivity index (χ3n) is 3.46. The second-order valence-corrected chi connectivity index (χ2v) is 4.94. The summed E-state index contributed by atoms with van der Waals surface area (Å²) in [5, 5.41) is 3.28. The van der Waals surface area contributed by atoms with E-state index in [2.05, 4.69) is 12.2 Å². The highest BCUT2D eigenvalue weighted by Gasteiger charge is 2.24. The predicted octanol–water partition coefficient (Wildman–Crippen LogP) is 2.33. The number of carbonyl (C=O) groups is 1. The molecule has 0 saturated carbocycles. The Morgan fingerprint density at radius 1 is 1.50 bits per heavy atom. The minimum absolute atomic E-state index is 0. The van der Waals surface area contributed by atoms with Crippen LogP contribution in [0.15, 0.2) is 24.3 Å². The van der Waals surface area contributed by atoms with Crippen molar-refractivity contribution in [2.24, 2.45) is 0 Å². The first-order chi connectivity index (χ1) is 9.22. The molecule has 1 aliphatic rings. The van der Waals surface area contributed by atoms with E-state index in [-0.39, 0.29) is 18.3 Å². The Bertz CT molecular complexity index is 434. The molecule has 112 valence electrons. The third-order valence-corrected chi connectivity index (χ3v) is 3.46. The standard InChI is InChI=1S/C15H22N2O2.ClH/c1-3-9-19-14-6-4-5-12(10-14)15(18)17(2)13-7-8-16-11-13;/h4-6,10,13,16H,3,7-9,11H2,1-2H3;1H. The molecule has 1 fully saturated rings. The van der Waals surface area contributed by atoms with Crippen molar-refractivity contribution in [2.75, 3.05) is 26.7 Å². The minimum atomic E-state index is 0. The average molecular weight is 299 g/mol. The summed E-state index contributed by atoms with van der Waals surface area (Å²) < 4.78 is 5.57. The number of likely N-dealkylation sites (N-methyl/N-ethyl adjacent to an activating group) is 1. The summed E-state index contributed by atoms with van der Waals surface area (Å²) in [5.41, 5.74) is 0.697. The van der Waals surface area contributed by atoms with Crippen LogP contribution >= 0.6 is 12.4 Å². The number of nitrogens with one attached hydrogen (secondary N) is 1. The smallest absolute Gasteiger partial charge is 0.254 e. The van der Waals surface area contributed by atoms with Crippen LogP contribution in [0.5, 0.6) is 5.75 Å². The maximum absolute atomic E-state index is 12.4. The predicted molar refractivity (Wildman–Crippen MR) is 82.8 cm³/mol. The van der Waals surface area contributed by atoms with Gasteiger partial charge in [-0.1, -0.05) is 13.0 Å². The van der Waals surface area contributed by atoms with Gasteiger partial charge in [0.2, 0.25) is 0 Å². The molecule has 1 aliphatic heterocycles. The minimum Gasteiger partial charge on any atom is -0.494 e. The van der Waals surface area contributed by atoms with E-state index >= 15 is 0 Å². The molecule has 0 aliphatic carbocycles. The SMILES string of the molecule is CCCOc1cccc(C(=O)N(C)C2CCNC2)c1.Cl. The largest absolute Gasteiger partial charge is 0.494 e. The van der Waals surface area contributed by atoms with Crippen molar-refractivity contribution in [2.45, 2.75) is 25.8 Å². The summed E-state index contributed by atoms with van der Waals surface area (Å²) in [6.45, 7) is 4.62. The lowest BCUT2D eigenvalue weighted by Gasteiger charge is -2.24. The van der Waals surface area contributed by atoms with E-state index in [9.17, 15) is 4.79 Å². The van der Waals surface area contributed by atoms with E-state index in [0.29, 0.717) is 18.2 Å². The molecule has 1 amide bonds. The highest BCUT2D eigenvalue weighted by atomic mass is 35.5. The van der Waals surface area contributed by atoms with Gasteiger partial charge in [-0.05, 0) is 37.6 Å². The normalized spacial score (nSPS) is 17.4.